The number of piperidine rings is 1. The molecule has 1 fully saturated rings. The summed E-state index contributed by atoms with van der Waals surface area (Å²) in [4.78, 5) is 16.5. The molecule has 0 N–H and O–H groups in total. The Kier molecular flexibility index (Phi) is 5.82. The molecule has 0 saturated carbocycles. The molecule has 1 aromatic carbocycles. The van der Waals surface area contributed by atoms with Gasteiger partial charge in [0.1, 0.15) is 0 Å². The average molecular weight is 327 g/mol. The van der Waals surface area contributed by atoms with E-state index in [1.54, 1.807) is 11.8 Å². The molecule has 1 atom stereocenters. The lowest BCUT2D eigenvalue weighted by atomic mass is 10.0. The van der Waals surface area contributed by atoms with E-state index in [4.69, 9.17) is 11.6 Å². The topological polar surface area (TPSA) is 23.6 Å². The molecule has 1 amide bonds. The molecule has 2 rings (SSSR count). The maximum absolute atomic E-state index is 12.2. The summed E-state index contributed by atoms with van der Waals surface area (Å²) < 4.78 is 0. The number of hydrogen-bond acceptors (Lipinski definition) is 3. The smallest absolute Gasteiger partial charge is 0.235 e. The zero-order valence-electron chi connectivity index (χ0n) is 12.9. The fraction of sp³-hybridized carbons (Fsp3) is 0.562. The highest BCUT2D eigenvalue weighted by atomic mass is 35.5. The standard InChI is InChI=1S/C16H23ClN2OS/c1-12(21-3)16(20)18(2)14-8-10-19(11-9-14)15-6-4-13(17)5-7-15/h4-7,12,14H,8-11H2,1-3H3/t12-/m0/s1. The highest BCUT2D eigenvalue weighted by Crippen LogP contribution is 2.24. The Balaban J connectivity index is 1.91. The summed E-state index contributed by atoms with van der Waals surface area (Å²) in [5.74, 6) is 0.243. The minimum absolute atomic E-state index is 0.0456. The van der Waals surface area contributed by atoms with Gasteiger partial charge in [-0.15, -0.1) is 0 Å². The summed E-state index contributed by atoms with van der Waals surface area (Å²) in [5, 5.41) is 0.814. The van der Waals surface area contributed by atoms with Gasteiger partial charge in [0.25, 0.3) is 0 Å². The van der Waals surface area contributed by atoms with Crippen molar-refractivity contribution in [3.63, 3.8) is 0 Å². The fourth-order valence-corrected chi connectivity index (χ4v) is 3.22. The number of thioether (sulfide) groups is 1. The molecule has 0 bridgehead atoms. The number of carbonyl (C=O) groups excluding carboxylic acids is 1. The van der Waals surface area contributed by atoms with Gasteiger partial charge in [-0.2, -0.15) is 11.8 Å². The first-order valence-corrected chi connectivity index (χ1v) is 8.99. The second-order valence-corrected chi connectivity index (χ2v) is 7.14. The molecule has 1 aliphatic rings. The zero-order chi connectivity index (χ0) is 15.4. The molecule has 3 nitrogen and oxygen atoms in total. The Morgan fingerprint density at radius 2 is 1.90 bits per heavy atom. The summed E-state index contributed by atoms with van der Waals surface area (Å²) in [7, 11) is 1.94. The molecule has 1 saturated heterocycles. The molecule has 0 unspecified atom stereocenters. The van der Waals surface area contributed by atoms with E-state index in [1.165, 1.54) is 5.69 Å². The summed E-state index contributed by atoms with van der Waals surface area (Å²) in [6.45, 7) is 3.95. The highest BCUT2D eigenvalue weighted by molar-refractivity contribution is 7.99. The molecule has 0 aromatic heterocycles. The molecular formula is C16H23ClN2OS. The molecular weight excluding hydrogens is 304 g/mol. The summed E-state index contributed by atoms with van der Waals surface area (Å²) in [6.07, 6.45) is 4.03. The third-order valence-electron chi connectivity index (χ3n) is 4.25. The summed E-state index contributed by atoms with van der Waals surface area (Å²) >= 11 is 7.54. The minimum atomic E-state index is 0.0456. The van der Waals surface area contributed by atoms with Crippen molar-refractivity contribution in [2.75, 3.05) is 31.3 Å². The van der Waals surface area contributed by atoms with Crippen LogP contribution >= 0.6 is 23.4 Å². The Hall–Kier alpha value is -0.870. The van der Waals surface area contributed by atoms with Crippen molar-refractivity contribution in [2.24, 2.45) is 0 Å². The van der Waals surface area contributed by atoms with Crippen molar-refractivity contribution < 1.29 is 4.79 Å². The maximum Gasteiger partial charge on any atom is 0.235 e. The number of carbonyl (C=O) groups is 1. The Morgan fingerprint density at radius 3 is 2.43 bits per heavy atom. The van der Waals surface area contributed by atoms with E-state index < -0.39 is 0 Å². The van der Waals surface area contributed by atoms with Gasteiger partial charge < -0.3 is 9.80 Å². The van der Waals surface area contributed by atoms with Crippen molar-refractivity contribution >= 4 is 35.0 Å². The number of rotatable bonds is 4. The van der Waals surface area contributed by atoms with Crippen LogP contribution in [0.25, 0.3) is 0 Å². The third kappa shape index (κ3) is 4.07. The lowest BCUT2D eigenvalue weighted by molar-refractivity contribution is -0.131. The fourth-order valence-electron chi connectivity index (χ4n) is 2.73. The largest absolute Gasteiger partial charge is 0.371 e. The van der Waals surface area contributed by atoms with E-state index >= 15 is 0 Å². The quantitative estimate of drug-likeness (QED) is 0.846. The Morgan fingerprint density at radius 1 is 1.33 bits per heavy atom. The van der Waals surface area contributed by atoms with Crippen molar-refractivity contribution in [2.45, 2.75) is 31.1 Å². The van der Waals surface area contributed by atoms with Gasteiger partial charge in [0, 0.05) is 36.9 Å². The van der Waals surface area contributed by atoms with Gasteiger partial charge in [-0.25, -0.2) is 0 Å². The summed E-state index contributed by atoms with van der Waals surface area (Å²) in [5.41, 5.74) is 1.21. The summed E-state index contributed by atoms with van der Waals surface area (Å²) in [6, 6.07) is 8.34. The molecule has 5 heteroatoms. The molecule has 0 radical (unpaired) electrons. The molecule has 1 aromatic rings. The number of hydrogen-bond donors (Lipinski definition) is 0. The predicted molar refractivity (Wildman–Crippen MR) is 92.4 cm³/mol. The first kappa shape index (κ1) is 16.5. The van der Waals surface area contributed by atoms with E-state index in [-0.39, 0.29) is 11.2 Å². The van der Waals surface area contributed by atoms with Gasteiger partial charge in [0.05, 0.1) is 5.25 Å². The van der Waals surface area contributed by atoms with Crippen LogP contribution in [0.5, 0.6) is 0 Å². The Bertz CT molecular complexity index is 472. The first-order valence-electron chi connectivity index (χ1n) is 7.33. The van der Waals surface area contributed by atoms with E-state index in [0.717, 1.165) is 31.0 Å². The van der Waals surface area contributed by atoms with Crippen molar-refractivity contribution in [1.82, 2.24) is 4.90 Å². The molecule has 1 heterocycles. The van der Waals surface area contributed by atoms with Crippen LogP contribution in [-0.2, 0) is 4.79 Å². The van der Waals surface area contributed by atoms with Gasteiger partial charge >= 0.3 is 0 Å². The van der Waals surface area contributed by atoms with Crippen molar-refractivity contribution in [3.05, 3.63) is 29.3 Å². The average Bonchev–Trinajstić information content (AvgIpc) is 2.53. The molecule has 116 valence electrons. The molecule has 0 aliphatic carbocycles. The van der Waals surface area contributed by atoms with E-state index in [1.807, 2.05) is 37.3 Å². The highest BCUT2D eigenvalue weighted by Gasteiger charge is 2.27. The van der Waals surface area contributed by atoms with Crippen LogP contribution < -0.4 is 4.90 Å². The van der Waals surface area contributed by atoms with Crippen LogP contribution in [0.4, 0.5) is 5.69 Å². The minimum Gasteiger partial charge on any atom is -0.371 e. The Labute approximate surface area is 136 Å². The lowest BCUT2D eigenvalue weighted by Crippen LogP contribution is -2.47. The first-order chi connectivity index (χ1) is 10.0. The van der Waals surface area contributed by atoms with E-state index in [0.29, 0.717) is 6.04 Å². The maximum atomic E-state index is 12.2. The zero-order valence-corrected chi connectivity index (χ0v) is 14.5. The molecule has 0 spiro atoms. The monoisotopic (exact) mass is 326 g/mol. The normalized spacial score (nSPS) is 17.6. The van der Waals surface area contributed by atoms with Crippen molar-refractivity contribution in [1.29, 1.82) is 0 Å². The third-order valence-corrected chi connectivity index (χ3v) is 5.41. The number of nitrogens with zero attached hydrogens (tertiary/aromatic N) is 2. The van der Waals surface area contributed by atoms with Gasteiger partial charge in [0.2, 0.25) is 5.91 Å². The van der Waals surface area contributed by atoms with Crippen LogP contribution in [-0.4, -0.2) is 48.5 Å². The van der Waals surface area contributed by atoms with Crippen LogP contribution in [0.3, 0.4) is 0 Å². The second-order valence-electron chi connectivity index (χ2n) is 5.52. The van der Waals surface area contributed by atoms with Gasteiger partial charge in [-0.1, -0.05) is 11.6 Å². The lowest BCUT2D eigenvalue weighted by Gasteiger charge is -2.38. The van der Waals surface area contributed by atoms with E-state index in [2.05, 4.69) is 17.0 Å². The number of benzene rings is 1. The van der Waals surface area contributed by atoms with E-state index in [9.17, 15) is 4.79 Å². The van der Waals surface area contributed by atoms with Crippen LogP contribution in [0.2, 0.25) is 5.02 Å². The SMILES string of the molecule is CS[C@@H](C)C(=O)N(C)C1CCN(c2ccc(Cl)cc2)CC1. The predicted octanol–water partition coefficient (Wildman–Crippen LogP) is 3.52. The van der Waals surface area contributed by atoms with Crippen LogP contribution in [0.15, 0.2) is 24.3 Å². The number of anilines is 1. The second kappa shape index (κ2) is 7.41. The van der Waals surface area contributed by atoms with Gasteiger partial charge in [-0.3, -0.25) is 4.79 Å². The molecule has 1 aliphatic heterocycles. The number of amides is 1. The van der Waals surface area contributed by atoms with Crippen molar-refractivity contribution in [3.8, 4) is 0 Å². The van der Waals surface area contributed by atoms with Gasteiger partial charge in [-0.05, 0) is 50.3 Å². The number of halogens is 1. The van der Waals surface area contributed by atoms with Gasteiger partial charge in [0.15, 0.2) is 0 Å². The van der Waals surface area contributed by atoms with Crippen LogP contribution in [0.1, 0.15) is 19.8 Å². The van der Waals surface area contributed by atoms with Crippen LogP contribution in [0, 0.1) is 0 Å². The molecule has 21 heavy (non-hydrogen) atoms.